The minimum absolute atomic E-state index is 0.0578. The predicted molar refractivity (Wildman–Crippen MR) is 53.6 cm³/mol. The number of nitrogens with two attached hydrogens (primary N) is 1. The number of carbonyl (C=O) groups is 1. The Morgan fingerprint density at radius 1 is 1.29 bits per heavy atom. The average molecular weight is 204 g/mol. The van der Waals surface area contributed by atoms with Crippen molar-refractivity contribution in [3.63, 3.8) is 0 Å². The Labute approximate surface area is 84.5 Å². The van der Waals surface area contributed by atoms with Crippen molar-refractivity contribution in [2.45, 2.75) is 19.9 Å². The smallest absolute Gasteiger partial charge is 0.239 e. The summed E-state index contributed by atoms with van der Waals surface area (Å²) in [5.41, 5.74) is 5.67. The molecule has 0 aliphatic rings. The molecule has 0 aromatic rings. The summed E-state index contributed by atoms with van der Waals surface area (Å²) < 4.78 is 0. The number of carbonyl (C=O) groups excluding carboxylic acids is 1. The van der Waals surface area contributed by atoms with Crippen LogP contribution in [0.5, 0.6) is 0 Å². The Hall–Kier alpha value is -0.650. The summed E-state index contributed by atoms with van der Waals surface area (Å²) in [6, 6.07) is -0.562. The molecule has 0 heterocycles. The van der Waals surface area contributed by atoms with Gasteiger partial charge in [-0.2, -0.15) is 0 Å². The topological polar surface area (TPSA) is 86.8 Å². The molecule has 0 saturated carbocycles. The first-order valence-corrected chi connectivity index (χ1v) is 4.80. The fourth-order valence-electron chi connectivity index (χ4n) is 1.07. The van der Waals surface area contributed by atoms with E-state index >= 15 is 0 Å². The van der Waals surface area contributed by atoms with E-state index in [9.17, 15) is 4.79 Å². The zero-order valence-corrected chi connectivity index (χ0v) is 8.81. The molecule has 0 spiro atoms. The molecule has 0 bridgehead atoms. The van der Waals surface area contributed by atoms with Crippen molar-refractivity contribution >= 4 is 5.91 Å². The van der Waals surface area contributed by atoms with Gasteiger partial charge in [-0.1, -0.05) is 13.8 Å². The number of rotatable bonds is 6. The average Bonchev–Trinajstić information content (AvgIpc) is 2.15. The van der Waals surface area contributed by atoms with E-state index in [1.807, 2.05) is 13.8 Å². The van der Waals surface area contributed by atoms with E-state index in [0.29, 0.717) is 0 Å². The number of hydrogen-bond donors (Lipinski definition) is 3. The minimum Gasteiger partial charge on any atom is -0.395 e. The van der Waals surface area contributed by atoms with E-state index in [0.717, 1.165) is 0 Å². The summed E-state index contributed by atoms with van der Waals surface area (Å²) in [6.07, 6.45) is 0. The molecule has 1 atom stereocenters. The number of amides is 1. The molecule has 1 unspecified atom stereocenters. The number of aliphatic hydroxyl groups excluding tert-OH is 2. The molecule has 1 amide bonds. The fourth-order valence-corrected chi connectivity index (χ4v) is 1.07. The normalized spacial score (nSPS) is 13.0. The molecule has 0 aliphatic carbocycles. The van der Waals surface area contributed by atoms with Gasteiger partial charge in [0.2, 0.25) is 5.91 Å². The van der Waals surface area contributed by atoms with E-state index in [4.69, 9.17) is 15.9 Å². The van der Waals surface area contributed by atoms with Gasteiger partial charge in [0.25, 0.3) is 0 Å². The van der Waals surface area contributed by atoms with Crippen LogP contribution < -0.4 is 5.73 Å². The molecule has 4 N–H and O–H groups in total. The Kier molecular flexibility index (Phi) is 6.44. The van der Waals surface area contributed by atoms with Crippen LogP contribution in [-0.2, 0) is 4.79 Å². The van der Waals surface area contributed by atoms with Crippen LogP contribution in [0.3, 0.4) is 0 Å². The second-order valence-electron chi connectivity index (χ2n) is 3.54. The van der Waals surface area contributed by atoms with Crippen LogP contribution >= 0.6 is 0 Å². The van der Waals surface area contributed by atoms with E-state index in [1.54, 1.807) is 0 Å². The molecular weight excluding hydrogens is 184 g/mol. The first-order chi connectivity index (χ1) is 6.54. The highest BCUT2D eigenvalue weighted by Crippen LogP contribution is 2.03. The van der Waals surface area contributed by atoms with Crippen LogP contribution in [0.15, 0.2) is 0 Å². The molecule has 5 nitrogen and oxygen atoms in total. The lowest BCUT2D eigenvalue weighted by Crippen LogP contribution is -2.48. The molecule has 14 heavy (non-hydrogen) atoms. The summed E-state index contributed by atoms with van der Waals surface area (Å²) in [6.45, 7) is 3.93. The van der Waals surface area contributed by atoms with Crippen LogP contribution in [0.1, 0.15) is 13.8 Å². The first-order valence-electron chi connectivity index (χ1n) is 4.80. The largest absolute Gasteiger partial charge is 0.395 e. The molecule has 5 heteroatoms. The Bertz CT molecular complexity index is 167. The predicted octanol–water partition coefficient (Wildman–Crippen LogP) is -1.22. The summed E-state index contributed by atoms with van der Waals surface area (Å²) >= 11 is 0. The molecule has 84 valence electrons. The van der Waals surface area contributed by atoms with Gasteiger partial charge in [-0.25, -0.2) is 0 Å². The van der Waals surface area contributed by atoms with Crippen molar-refractivity contribution in [3.8, 4) is 0 Å². The Morgan fingerprint density at radius 2 is 1.71 bits per heavy atom. The van der Waals surface area contributed by atoms with Gasteiger partial charge < -0.3 is 20.8 Å². The standard InChI is InChI=1S/C9H20N2O3/c1-7(2)8(10)9(14)11(3-5-12)4-6-13/h7-8,12-13H,3-6,10H2,1-2H3. The maximum absolute atomic E-state index is 11.6. The molecule has 0 aromatic carbocycles. The van der Waals surface area contributed by atoms with Gasteiger partial charge in [0, 0.05) is 13.1 Å². The first kappa shape index (κ1) is 13.4. The molecule has 0 saturated heterocycles. The second-order valence-corrected chi connectivity index (χ2v) is 3.54. The van der Waals surface area contributed by atoms with E-state index in [2.05, 4.69) is 0 Å². The van der Waals surface area contributed by atoms with Gasteiger partial charge in [-0.15, -0.1) is 0 Å². The van der Waals surface area contributed by atoms with E-state index in [-0.39, 0.29) is 38.1 Å². The molecule has 0 fully saturated rings. The third kappa shape index (κ3) is 4.04. The summed E-state index contributed by atoms with van der Waals surface area (Å²) in [7, 11) is 0. The van der Waals surface area contributed by atoms with Crippen molar-refractivity contribution in [1.29, 1.82) is 0 Å². The van der Waals surface area contributed by atoms with Gasteiger partial charge in [0.15, 0.2) is 0 Å². The molecule has 0 aliphatic heterocycles. The van der Waals surface area contributed by atoms with Gasteiger partial charge in [0.05, 0.1) is 19.3 Å². The van der Waals surface area contributed by atoms with E-state index < -0.39 is 6.04 Å². The lowest BCUT2D eigenvalue weighted by molar-refractivity contribution is -0.134. The fraction of sp³-hybridized carbons (Fsp3) is 0.889. The quantitative estimate of drug-likeness (QED) is 0.506. The highest BCUT2D eigenvalue weighted by molar-refractivity contribution is 5.81. The number of nitrogens with zero attached hydrogens (tertiary/aromatic N) is 1. The van der Waals surface area contributed by atoms with Crippen molar-refractivity contribution in [1.82, 2.24) is 4.90 Å². The monoisotopic (exact) mass is 204 g/mol. The minimum atomic E-state index is -0.562. The maximum Gasteiger partial charge on any atom is 0.239 e. The summed E-state index contributed by atoms with van der Waals surface area (Å²) in [4.78, 5) is 13.0. The highest BCUT2D eigenvalue weighted by atomic mass is 16.3. The van der Waals surface area contributed by atoms with Gasteiger partial charge in [0.1, 0.15) is 0 Å². The SMILES string of the molecule is CC(C)C(N)C(=O)N(CCO)CCO. The Morgan fingerprint density at radius 3 is 2.00 bits per heavy atom. The van der Waals surface area contributed by atoms with E-state index in [1.165, 1.54) is 4.90 Å². The van der Waals surface area contributed by atoms with Crippen LogP contribution in [0.2, 0.25) is 0 Å². The zero-order chi connectivity index (χ0) is 11.1. The van der Waals surface area contributed by atoms with Gasteiger partial charge in [-0.3, -0.25) is 4.79 Å². The van der Waals surface area contributed by atoms with Gasteiger partial charge >= 0.3 is 0 Å². The van der Waals surface area contributed by atoms with Crippen LogP contribution in [0.25, 0.3) is 0 Å². The van der Waals surface area contributed by atoms with Crippen molar-refractivity contribution in [3.05, 3.63) is 0 Å². The highest BCUT2D eigenvalue weighted by Gasteiger charge is 2.22. The van der Waals surface area contributed by atoms with Crippen molar-refractivity contribution in [2.24, 2.45) is 11.7 Å². The zero-order valence-electron chi connectivity index (χ0n) is 8.81. The second kappa shape index (κ2) is 6.75. The van der Waals surface area contributed by atoms with Crippen molar-refractivity contribution < 1.29 is 15.0 Å². The Balaban J connectivity index is 4.26. The van der Waals surface area contributed by atoms with Crippen LogP contribution in [0.4, 0.5) is 0 Å². The third-order valence-electron chi connectivity index (χ3n) is 2.05. The molecular formula is C9H20N2O3. The maximum atomic E-state index is 11.6. The lowest BCUT2D eigenvalue weighted by atomic mass is 10.0. The van der Waals surface area contributed by atoms with Gasteiger partial charge in [-0.05, 0) is 5.92 Å². The van der Waals surface area contributed by atoms with Crippen LogP contribution in [0, 0.1) is 5.92 Å². The summed E-state index contributed by atoms with van der Waals surface area (Å²) in [5, 5.41) is 17.4. The summed E-state index contributed by atoms with van der Waals surface area (Å²) in [5.74, 6) is -0.162. The molecule has 0 rings (SSSR count). The molecule has 0 aromatic heterocycles. The lowest BCUT2D eigenvalue weighted by Gasteiger charge is -2.25. The number of hydrogen-bond acceptors (Lipinski definition) is 4. The molecule has 0 radical (unpaired) electrons. The van der Waals surface area contributed by atoms with Crippen molar-refractivity contribution in [2.75, 3.05) is 26.3 Å². The third-order valence-corrected chi connectivity index (χ3v) is 2.05. The number of aliphatic hydroxyl groups is 2. The van der Waals surface area contributed by atoms with Crippen LogP contribution in [-0.4, -0.2) is 53.4 Å².